The Balaban J connectivity index is 2.00. The lowest BCUT2D eigenvalue weighted by Gasteiger charge is -2.15. The molecule has 1 atom stereocenters. The van der Waals surface area contributed by atoms with Gasteiger partial charge in [-0.15, -0.1) is 0 Å². The fraction of sp³-hybridized carbons (Fsp3) is 0.429. The molecule has 6 heteroatoms. The Morgan fingerprint density at radius 1 is 1.55 bits per heavy atom. The fourth-order valence-corrected chi connectivity index (χ4v) is 2.20. The van der Waals surface area contributed by atoms with Crippen LogP contribution in [0.1, 0.15) is 30.8 Å². The zero-order valence-corrected chi connectivity index (χ0v) is 11.9. The summed E-state index contributed by atoms with van der Waals surface area (Å²) < 4.78 is 3.83. The Hall–Kier alpha value is -2.24. The molecule has 0 aromatic carbocycles. The van der Waals surface area contributed by atoms with E-state index in [-0.39, 0.29) is 11.9 Å². The molecule has 2 rings (SSSR count). The Labute approximate surface area is 118 Å². The highest BCUT2D eigenvalue weighted by molar-refractivity contribution is 5.94. The number of nitrogen functional groups attached to an aromatic ring is 1. The number of hydrogen-bond donors (Lipinski definition) is 2. The number of carbonyl (C=O) groups excluding carboxylic acids is 1. The summed E-state index contributed by atoms with van der Waals surface area (Å²) in [5.74, 6) is -0.0947. The predicted molar refractivity (Wildman–Crippen MR) is 78.3 cm³/mol. The Bertz CT molecular complexity index is 558. The average Bonchev–Trinajstić information content (AvgIpc) is 2.99. The highest BCUT2D eigenvalue weighted by Gasteiger charge is 2.15. The third-order valence-corrected chi connectivity index (χ3v) is 3.04. The number of nitrogens with zero attached hydrogens (tertiary/aromatic N) is 3. The van der Waals surface area contributed by atoms with Crippen molar-refractivity contribution in [3.8, 4) is 0 Å². The number of hydrogen-bond acceptors (Lipinski definition) is 3. The molecule has 0 bridgehead atoms. The standard InChI is InChI=1S/C14H21N5O/c1-3-5-19-9-12(15)7-13(19)14(20)17-11(2)8-18-6-4-16-10-18/h4,6-7,9-11H,3,5,8,15H2,1-2H3,(H,17,20). The fourth-order valence-electron chi connectivity index (χ4n) is 2.20. The highest BCUT2D eigenvalue weighted by atomic mass is 16.2. The number of imidazole rings is 1. The van der Waals surface area contributed by atoms with Crippen LogP contribution in [0.15, 0.2) is 31.0 Å². The van der Waals surface area contributed by atoms with Crippen LogP contribution < -0.4 is 11.1 Å². The van der Waals surface area contributed by atoms with Gasteiger partial charge in [-0.05, 0) is 19.4 Å². The van der Waals surface area contributed by atoms with Crippen LogP contribution in [-0.2, 0) is 13.1 Å². The summed E-state index contributed by atoms with van der Waals surface area (Å²) in [6.45, 7) is 5.51. The van der Waals surface area contributed by atoms with Gasteiger partial charge in [-0.2, -0.15) is 0 Å². The first-order valence-corrected chi connectivity index (χ1v) is 6.82. The lowest BCUT2D eigenvalue weighted by Crippen LogP contribution is -2.36. The summed E-state index contributed by atoms with van der Waals surface area (Å²) >= 11 is 0. The zero-order chi connectivity index (χ0) is 14.5. The van der Waals surface area contributed by atoms with E-state index in [9.17, 15) is 4.79 Å². The molecular weight excluding hydrogens is 254 g/mol. The van der Waals surface area contributed by atoms with Crippen molar-refractivity contribution in [2.45, 2.75) is 39.4 Å². The summed E-state index contributed by atoms with van der Waals surface area (Å²) in [6, 6.07) is 1.73. The Kier molecular flexibility index (Phi) is 4.45. The Morgan fingerprint density at radius 3 is 3.00 bits per heavy atom. The average molecular weight is 275 g/mol. The van der Waals surface area contributed by atoms with Crippen molar-refractivity contribution in [3.63, 3.8) is 0 Å². The number of anilines is 1. The summed E-state index contributed by atoms with van der Waals surface area (Å²) in [7, 11) is 0. The van der Waals surface area contributed by atoms with E-state index >= 15 is 0 Å². The molecule has 0 spiro atoms. The first-order chi connectivity index (χ1) is 9.60. The quantitative estimate of drug-likeness (QED) is 0.838. The van der Waals surface area contributed by atoms with Crippen LogP contribution in [0.3, 0.4) is 0 Å². The smallest absolute Gasteiger partial charge is 0.268 e. The van der Waals surface area contributed by atoms with E-state index in [1.807, 2.05) is 22.3 Å². The molecule has 0 aliphatic heterocycles. The van der Waals surface area contributed by atoms with Crippen LogP contribution in [0, 0.1) is 0 Å². The number of nitrogens with one attached hydrogen (secondary N) is 1. The number of carbonyl (C=O) groups is 1. The molecule has 108 valence electrons. The molecule has 0 aliphatic carbocycles. The molecule has 20 heavy (non-hydrogen) atoms. The molecule has 1 unspecified atom stereocenters. The zero-order valence-electron chi connectivity index (χ0n) is 11.9. The van der Waals surface area contributed by atoms with Crippen LogP contribution in [-0.4, -0.2) is 26.1 Å². The number of rotatable bonds is 6. The maximum absolute atomic E-state index is 12.3. The molecule has 0 saturated carbocycles. The summed E-state index contributed by atoms with van der Waals surface area (Å²) in [5.41, 5.74) is 7.00. The number of aromatic nitrogens is 3. The summed E-state index contributed by atoms with van der Waals surface area (Å²) in [6.07, 6.45) is 8.10. The van der Waals surface area contributed by atoms with Gasteiger partial charge in [-0.3, -0.25) is 4.79 Å². The number of nitrogens with two attached hydrogens (primary N) is 1. The van der Waals surface area contributed by atoms with Crippen molar-refractivity contribution in [1.29, 1.82) is 0 Å². The van der Waals surface area contributed by atoms with Crippen molar-refractivity contribution in [2.24, 2.45) is 0 Å². The van der Waals surface area contributed by atoms with Gasteiger partial charge in [-0.25, -0.2) is 4.98 Å². The molecule has 0 fully saturated rings. The molecule has 0 radical (unpaired) electrons. The monoisotopic (exact) mass is 275 g/mol. The maximum atomic E-state index is 12.3. The largest absolute Gasteiger partial charge is 0.397 e. The molecular formula is C14H21N5O. The third kappa shape index (κ3) is 3.40. The highest BCUT2D eigenvalue weighted by Crippen LogP contribution is 2.11. The van der Waals surface area contributed by atoms with Gasteiger partial charge in [0.25, 0.3) is 5.91 Å². The minimum absolute atomic E-state index is 0.0166. The van der Waals surface area contributed by atoms with Crippen molar-refractivity contribution in [3.05, 3.63) is 36.7 Å². The van der Waals surface area contributed by atoms with Gasteiger partial charge in [0, 0.05) is 37.7 Å². The number of aryl methyl sites for hydroxylation is 1. The predicted octanol–water partition coefficient (Wildman–Crippen LogP) is 1.50. The van der Waals surface area contributed by atoms with Crippen LogP contribution >= 0.6 is 0 Å². The van der Waals surface area contributed by atoms with Crippen LogP contribution in [0.5, 0.6) is 0 Å². The lowest BCUT2D eigenvalue weighted by atomic mass is 10.3. The minimum atomic E-state index is -0.0947. The molecule has 6 nitrogen and oxygen atoms in total. The lowest BCUT2D eigenvalue weighted by molar-refractivity contribution is 0.0927. The maximum Gasteiger partial charge on any atom is 0.268 e. The second kappa shape index (κ2) is 6.27. The summed E-state index contributed by atoms with van der Waals surface area (Å²) in [5, 5.41) is 2.98. The molecule has 0 saturated heterocycles. The van der Waals surface area contributed by atoms with Crippen molar-refractivity contribution in [1.82, 2.24) is 19.4 Å². The van der Waals surface area contributed by atoms with Gasteiger partial charge in [0.05, 0.1) is 12.0 Å². The van der Waals surface area contributed by atoms with Gasteiger partial charge in [0.2, 0.25) is 0 Å². The molecule has 3 N–H and O–H groups in total. The Morgan fingerprint density at radius 2 is 2.35 bits per heavy atom. The van der Waals surface area contributed by atoms with Crippen LogP contribution in [0.25, 0.3) is 0 Å². The van der Waals surface area contributed by atoms with Crippen molar-refractivity contribution >= 4 is 11.6 Å². The second-order valence-corrected chi connectivity index (χ2v) is 4.99. The van der Waals surface area contributed by atoms with Crippen LogP contribution in [0.4, 0.5) is 5.69 Å². The molecule has 1 amide bonds. The van der Waals surface area contributed by atoms with E-state index < -0.39 is 0 Å². The van der Waals surface area contributed by atoms with Crippen LogP contribution in [0.2, 0.25) is 0 Å². The van der Waals surface area contributed by atoms with E-state index in [1.54, 1.807) is 24.8 Å². The molecule has 2 aromatic rings. The second-order valence-electron chi connectivity index (χ2n) is 4.99. The third-order valence-electron chi connectivity index (χ3n) is 3.04. The van der Waals surface area contributed by atoms with Gasteiger partial charge >= 0.3 is 0 Å². The van der Waals surface area contributed by atoms with Gasteiger partial charge < -0.3 is 20.2 Å². The summed E-state index contributed by atoms with van der Waals surface area (Å²) in [4.78, 5) is 16.3. The van der Waals surface area contributed by atoms with E-state index in [1.165, 1.54) is 0 Å². The molecule has 2 heterocycles. The van der Waals surface area contributed by atoms with E-state index in [0.29, 0.717) is 17.9 Å². The first kappa shape index (κ1) is 14.2. The van der Waals surface area contributed by atoms with Crippen molar-refractivity contribution in [2.75, 3.05) is 5.73 Å². The normalized spacial score (nSPS) is 12.3. The van der Waals surface area contributed by atoms with E-state index in [0.717, 1.165) is 13.0 Å². The van der Waals surface area contributed by atoms with Gasteiger partial charge in [0.15, 0.2) is 0 Å². The first-order valence-electron chi connectivity index (χ1n) is 6.82. The van der Waals surface area contributed by atoms with E-state index in [2.05, 4.69) is 17.2 Å². The van der Waals surface area contributed by atoms with Crippen molar-refractivity contribution < 1.29 is 4.79 Å². The molecule has 0 aliphatic rings. The SMILES string of the molecule is CCCn1cc(N)cc1C(=O)NC(C)Cn1ccnc1. The minimum Gasteiger partial charge on any atom is -0.397 e. The van der Waals surface area contributed by atoms with Gasteiger partial charge in [-0.1, -0.05) is 6.92 Å². The molecule has 2 aromatic heterocycles. The van der Waals surface area contributed by atoms with Gasteiger partial charge in [0.1, 0.15) is 5.69 Å². The number of amides is 1. The van der Waals surface area contributed by atoms with E-state index in [4.69, 9.17) is 5.73 Å². The topological polar surface area (TPSA) is 77.9 Å².